The van der Waals surface area contributed by atoms with Crippen LogP contribution in [-0.2, 0) is 15.7 Å². The minimum Gasteiger partial charge on any atom is -0.501 e. The molecule has 1 aromatic rings. The quantitative estimate of drug-likeness (QED) is 0.874. The highest BCUT2D eigenvalue weighted by Gasteiger charge is 2.40. The lowest BCUT2D eigenvalue weighted by atomic mass is 9.73. The van der Waals surface area contributed by atoms with Crippen molar-refractivity contribution in [2.24, 2.45) is 17.4 Å². The van der Waals surface area contributed by atoms with Gasteiger partial charge in [0.1, 0.15) is 0 Å². The smallest absolute Gasteiger partial charge is 0.0984 e. The lowest BCUT2D eigenvalue weighted by Crippen LogP contribution is -2.46. The number of hydrogen-bond donors (Lipinski definition) is 2. The maximum atomic E-state index is 6.91. The van der Waals surface area contributed by atoms with Crippen molar-refractivity contribution in [3.05, 3.63) is 34.8 Å². The lowest BCUT2D eigenvalue weighted by Gasteiger charge is -2.39. The second-order valence-corrected chi connectivity index (χ2v) is 7.75. The van der Waals surface area contributed by atoms with Crippen LogP contribution in [0.5, 0.6) is 0 Å². The summed E-state index contributed by atoms with van der Waals surface area (Å²) >= 11 is 0. The predicted octanol–water partition coefficient (Wildman–Crippen LogP) is 3.30. The molecule has 0 fully saturated rings. The van der Waals surface area contributed by atoms with Gasteiger partial charge in [-0.3, -0.25) is 4.98 Å². The first-order valence-electron chi connectivity index (χ1n) is 8.48. The van der Waals surface area contributed by atoms with E-state index in [4.69, 9.17) is 21.2 Å². The Kier molecular flexibility index (Phi) is 5.17. The normalized spacial score (nSPS) is 22.3. The van der Waals surface area contributed by atoms with Crippen LogP contribution in [0.2, 0.25) is 0 Å². The molecule has 2 unspecified atom stereocenters. The maximum Gasteiger partial charge on any atom is 0.0984 e. The molecular formula is C19H31N3O. The zero-order valence-corrected chi connectivity index (χ0v) is 15.1. The molecule has 1 aliphatic carbocycles. The summed E-state index contributed by atoms with van der Waals surface area (Å²) in [6, 6.07) is 4.22. The van der Waals surface area contributed by atoms with Crippen LogP contribution in [0.3, 0.4) is 0 Å². The molecule has 4 N–H and O–H groups in total. The molecule has 0 spiro atoms. The number of fused-ring (bicyclic) bond motifs is 1. The molecule has 0 aliphatic heterocycles. The van der Waals surface area contributed by atoms with Gasteiger partial charge < -0.3 is 16.2 Å². The fourth-order valence-electron chi connectivity index (χ4n) is 3.19. The van der Waals surface area contributed by atoms with Gasteiger partial charge >= 0.3 is 0 Å². The Hall–Kier alpha value is -1.39. The second-order valence-electron chi connectivity index (χ2n) is 7.75. The van der Waals surface area contributed by atoms with E-state index in [1.165, 1.54) is 0 Å². The summed E-state index contributed by atoms with van der Waals surface area (Å²) in [5, 5.41) is 0. The van der Waals surface area contributed by atoms with Crippen LogP contribution in [0.25, 0.3) is 6.08 Å². The van der Waals surface area contributed by atoms with Crippen molar-refractivity contribution in [2.45, 2.75) is 57.9 Å². The third-order valence-corrected chi connectivity index (χ3v) is 4.90. The molecule has 0 saturated heterocycles. The molecule has 4 heteroatoms. The molecular weight excluding hydrogens is 286 g/mol. The van der Waals surface area contributed by atoms with Crippen molar-refractivity contribution in [3.8, 4) is 0 Å². The molecule has 0 bridgehead atoms. The highest BCUT2D eigenvalue weighted by Crippen LogP contribution is 2.41. The summed E-state index contributed by atoms with van der Waals surface area (Å²) in [5.41, 5.74) is 15.2. The van der Waals surface area contributed by atoms with Crippen LogP contribution in [0.15, 0.2) is 17.9 Å². The molecule has 1 heterocycles. The second kappa shape index (κ2) is 6.62. The van der Waals surface area contributed by atoms with E-state index in [2.05, 4.69) is 45.9 Å². The topological polar surface area (TPSA) is 74.2 Å². The fourth-order valence-corrected chi connectivity index (χ4v) is 3.19. The number of nitrogens with two attached hydrogens (primary N) is 2. The van der Waals surface area contributed by atoms with E-state index >= 15 is 0 Å². The van der Waals surface area contributed by atoms with Crippen LogP contribution in [-0.4, -0.2) is 18.6 Å². The number of aromatic nitrogens is 1. The molecule has 1 aliphatic rings. The number of rotatable bonds is 5. The molecule has 0 radical (unpaired) electrons. The average Bonchev–Trinajstić information content (AvgIpc) is 2.51. The van der Waals surface area contributed by atoms with E-state index in [0.29, 0.717) is 13.0 Å². The first kappa shape index (κ1) is 18.0. The first-order valence-corrected chi connectivity index (χ1v) is 8.48. The number of hydrogen-bond acceptors (Lipinski definition) is 4. The third kappa shape index (κ3) is 3.59. The molecule has 0 saturated carbocycles. The summed E-state index contributed by atoms with van der Waals surface area (Å²) in [6.45, 7) is 9.42. The molecule has 0 aromatic carbocycles. The van der Waals surface area contributed by atoms with Crippen LogP contribution in [0, 0.1) is 5.92 Å². The van der Waals surface area contributed by atoms with E-state index < -0.39 is 5.54 Å². The monoisotopic (exact) mass is 317 g/mol. The standard InChI is InChI=1S/C19H31N3O/c1-13(7-6-10-20)19(21)12-15(23-5)11-14-8-9-16(18(2,3)4)22-17(14)19/h8-9,11,13H,6-7,10,12,20-21H2,1-5H3. The van der Waals surface area contributed by atoms with Crippen LogP contribution >= 0.6 is 0 Å². The van der Waals surface area contributed by atoms with E-state index in [1.807, 2.05) is 0 Å². The Bertz CT molecular complexity index is 589. The molecule has 1 aromatic heterocycles. The van der Waals surface area contributed by atoms with E-state index in [0.717, 1.165) is 35.6 Å². The molecule has 23 heavy (non-hydrogen) atoms. The van der Waals surface area contributed by atoms with E-state index in [-0.39, 0.29) is 11.3 Å². The van der Waals surface area contributed by atoms with Crippen molar-refractivity contribution < 1.29 is 4.74 Å². The predicted molar refractivity (Wildman–Crippen MR) is 95.9 cm³/mol. The van der Waals surface area contributed by atoms with Gasteiger partial charge in [-0.15, -0.1) is 0 Å². The molecule has 2 atom stereocenters. The largest absolute Gasteiger partial charge is 0.501 e. The number of methoxy groups -OCH3 is 1. The van der Waals surface area contributed by atoms with Gasteiger partial charge in [0.2, 0.25) is 0 Å². The molecule has 2 rings (SSSR count). The highest BCUT2D eigenvalue weighted by molar-refractivity contribution is 5.59. The van der Waals surface area contributed by atoms with Gasteiger partial charge in [-0.25, -0.2) is 0 Å². The zero-order chi connectivity index (χ0) is 17.3. The minimum atomic E-state index is -0.508. The van der Waals surface area contributed by atoms with Crippen molar-refractivity contribution >= 4 is 6.08 Å². The van der Waals surface area contributed by atoms with Gasteiger partial charge in [-0.1, -0.05) is 33.8 Å². The summed E-state index contributed by atoms with van der Waals surface area (Å²) in [6.07, 6.45) is 4.71. The van der Waals surface area contributed by atoms with Gasteiger partial charge in [0.05, 0.1) is 24.1 Å². The maximum absolute atomic E-state index is 6.91. The van der Waals surface area contributed by atoms with E-state index in [9.17, 15) is 0 Å². The molecule has 128 valence electrons. The zero-order valence-electron chi connectivity index (χ0n) is 15.1. The Morgan fingerprint density at radius 1 is 1.35 bits per heavy atom. The van der Waals surface area contributed by atoms with Gasteiger partial charge in [-0.2, -0.15) is 0 Å². The number of ether oxygens (including phenoxy) is 1. The van der Waals surface area contributed by atoms with Crippen LogP contribution in [0.1, 0.15) is 63.9 Å². The number of nitrogens with zero attached hydrogens (tertiary/aromatic N) is 1. The Morgan fingerprint density at radius 3 is 2.61 bits per heavy atom. The van der Waals surface area contributed by atoms with Gasteiger partial charge in [0.15, 0.2) is 0 Å². The van der Waals surface area contributed by atoms with Crippen LogP contribution < -0.4 is 11.5 Å². The lowest BCUT2D eigenvalue weighted by molar-refractivity contribution is 0.198. The fraction of sp³-hybridized carbons (Fsp3) is 0.632. The Balaban J connectivity index is 2.52. The summed E-state index contributed by atoms with van der Waals surface area (Å²) in [5.74, 6) is 1.20. The first-order chi connectivity index (χ1) is 10.7. The average molecular weight is 317 g/mol. The van der Waals surface area contributed by atoms with E-state index in [1.54, 1.807) is 7.11 Å². The summed E-state index contributed by atoms with van der Waals surface area (Å²) in [4.78, 5) is 4.98. The summed E-state index contributed by atoms with van der Waals surface area (Å²) in [7, 11) is 1.71. The third-order valence-electron chi connectivity index (χ3n) is 4.90. The summed E-state index contributed by atoms with van der Waals surface area (Å²) < 4.78 is 5.52. The number of pyridine rings is 1. The Morgan fingerprint density at radius 2 is 2.04 bits per heavy atom. The van der Waals surface area contributed by atoms with Gasteiger partial charge in [-0.05, 0) is 37.4 Å². The van der Waals surface area contributed by atoms with Gasteiger partial charge in [0.25, 0.3) is 0 Å². The van der Waals surface area contributed by atoms with Crippen molar-refractivity contribution in [3.63, 3.8) is 0 Å². The molecule has 4 nitrogen and oxygen atoms in total. The Labute approximate surface area is 140 Å². The van der Waals surface area contributed by atoms with Crippen molar-refractivity contribution in [1.29, 1.82) is 0 Å². The highest BCUT2D eigenvalue weighted by atomic mass is 16.5. The van der Waals surface area contributed by atoms with Crippen molar-refractivity contribution in [2.75, 3.05) is 13.7 Å². The van der Waals surface area contributed by atoms with Crippen molar-refractivity contribution in [1.82, 2.24) is 4.98 Å². The SMILES string of the molecule is COC1=Cc2ccc(C(C)(C)C)nc2C(N)(C(C)CCCN)C1. The minimum absolute atomic E-state index is 0.00167. The van der Waals surface area contributed by atoms with Crippen LogP contribution in [0.4, 0.5) is 0 Å². The van der Waals surface area contributed by atoms with Gasteiger partial charge in [0, 0.05) is 23.1 Å². The molecule has 0 amide bonds.